The smallest absolute Gasteiger partial charge is 0.123 e. The summed E-state index contributed by atoms with van der Waals surface area (Å²) in [5.74, 6) is -0.251. The molecule has 0 aliphatic carbocycles. The Hall–Kier alpha value is -0.640. The molecule has 94 valence electrons. The van der Waals surface area contributed by atoms with Gasteiger partial charge in [0, 0.05) is 18.1 Å². The van der Waals surface area contributed by atoms with Crippen molar-refractivity contribution in [3.8, 4) is 0 Å². The zero-order valence-corrected chi connectivity index (χ0v) is 10.5. The minimum Gasteiger partial charge on any atom is -0.393 e. The quantitative estimate of drug-likeness (QED) is 0.881. The average molecular weight is 258 g/mol. The number of halogens is 2. The molecule has 0 amide bonds. The SMILES string of the molecule is O[C@@H]1CCCN(Cc2cc(F)ccc2Cl)CC1. The molecule has 2 rings (SSSR count). The van der Waals surface area contributed by atoms with E-state index >= 15 is 0 Å². The van der Waals surface area contributed by atoms with E-state index in [1.54, 1.807) is 6.07 Å². The molecule has 1 saturated heterocycles. The van der Waals surface area contributed by atoms with Crippen molar-refractivity contribution in [1.82, 2.24) is 4.90 Å². The second-order valence-corrected chi connectivity index (χ2v) is 5.00. The maximum Gasteiger partial charge on any atom is 0.123 e. The molecule has 1 aromatic rings. The molecular weight excluding hydrogens is 241 g/mol. The predicted octanol–water partition coefficient (Wildman–Crippen LogP) is 2.83. The van der Waals surface area contributed by atoms with Gasteiger partial charge in [-0.05, 0) is 49.6 Å². The number of hydrogen-bond donors (Lipinski definition) is 1. The monoisotopic (exact) mass is 257 g/mol. The van der Waals surface area contributed by atoms with Crippen molar-refractivity contribution >= 4 is 11.6 Å². The molecule has 0 unspecified atom stereocenters. The van der Waals surface area contributed by atoms with Gasteiger partial charge in [-0.1, -0.05) is 11.6 Å². The van der Waals surface area contributed by atoms with Crippen molar-refractivity contribution < 1.29 is 9.50 Å². The third kappa shape index (κ3) is 3.66. The second-order valence-electron chi connectivity index (χ2n) is 4.60. The molecule has 0 bridgehead atoms. The molecule has 4 heteroatoms. The molecule has 0 saturated carbocycles. The van der Waals surface area contributed by atoms with Crippen LogP contribution in [0.15, 0.2) is 18.2 Å². The van der Waals surface area contributed by atoms with E-state index in [9.17, 15) is 9.50 Å². The van der Waals surface area contributed by atoms with E-state index in [1.807, 2.05) is 0 Å². The first-order valence-corrected chi connectivity index (χ1v) is 6.37. The van der Waals surface area contributed by atoms with Crippen molar-refractivity contribution in [3.05, 3.63) is 34.6 Å². The Bertz CT molecular complexity index is 386. The Labute approximate surface area is 106 Å². The summed E-state index contributed by atoms with van der Waals surface area (Å²) in [6.07, 6.45) is 2.43. The minimum atomic E-state index is -0.251. The maximum absolute atomic E-state index is 13.1. The largest absolute Gasteiger partial charge is 0.393 e. The van der Waals surface area contributed by atoms with Crippen LogP contribution in [0.4, 0.5) is 4.39 Å². The van der Waals surface area contributed by atoms with Crippen LogP contribution in [0.3, 0.4) is 0 Å². The highest BCUT2D eigenvalue weighted by Crippen LogP contribution is 2.20. The number of aliphatic hydroxyl groups is 1. The van der Waals surface area contributed by atoms with Crippen molar-refractivity contribution in [2.45, 2.75) is 31.9 Å². The van der Waals surface area contributed by atoms with Crippen LogP contribution in [-0.4, -0.2) is 29.2 Å². The number of nitrogens with zero attached hydrogens (tertiary/aromatic N) is 1. The summed E-state index contributed by atoms with van der Waals surface area (Å²) in [4.78, 5) is 2.22. The van der Waals surface area contributed by atoms with E-state index in [1.165, 1.54) is 12.1 Å². The van der Waals surface area contributed by atoms with Gasteiger partial charge in [0.05, 0.1) is 6.10 Å². The molecule has 1 fully saturated rings. The standard InChI is InChI=1S/C13H17ClFNO/c14-13-4-3-11(15)8-10(13)9-16-6-1-2-12(17)5-7-16/h3-4,8,12,17H,1-2,5-7,9H2/t12-/m1/s1. The third-order valence-corrected chi connectivity index (χ3v) is 3.56. The zero-order chi connectivity index (χ0) is 12.3. The topological polar surface area (TPSA) is 23.5 Å². The lowest BCUT2D eigenvalue weighted by molar-refractivity contribution is 0.154. The highest BCUT2D eigenvalue weighted by Gasteiger charge is 2.16. The van der Waals surface area contributed by atoms with Crippen LogP contribution in [0.1, 0.15) is 24.8 Å². The Morgan fingerprint density at radius 3 is 3.00 bits per heavy atom. The fraction of sp³-hybridized carbons (Fsp3) is 0.538. The molecular formula is C13H17ClFNO. The first-order valence-electron chi connectivity index (χ1n) is 5.99. The lowest BCUT2D eigenvalue weighted by Gasteiger charge is -2.20. The van der Waals surface area contributed by atoms with Crippen molar-refractivity contribution in [1.29, 1.82) is 0 Å². The van der Waals surface area contributed by atoms with Crippen LogP contribution in [0.2, 0.25) is 5.02 Å². The van der Waals surface area contributed by atoms with Crippen LogP contribution in [0.25, 0.3) is 0 Å². The van der Waals surface area contributed by atoms with Gasteiger partial charge in [0.25, 0.3) is 0 Å². The molecule has 1 aliphatic rings. The van der Waals surface area contributed by atoms with Gasteiger partial charge in [-0.15, -0.1) is 0 Å². The Kier molecular flexibility index (Phi) is 4.37. The van der Waals surface area contributed by atoms with Gasteiger partial charge in [0.2, 0.25) is 0 Å². The summed E-state index contributed by atoms with van der Waals surface area (Å²) in [7, 11) is 0. The molecule has 1 N–H and O–H groups in total. The summed E-state index contributed by atoms with van der Waals surface area (Å²) in [6.45, 7) is 2.43. The van der Waals surface area contributed by atoms with Crippen LogP contribution < -0.4 is 0 Å². The van der Waals surface area contributed by atoms with Gasteiger partial charge in [-0.2, -0.15) is 0 Å². The second kappa shape index (κ2) is 5.80. The number of aliphatic hydroxyl groups excluding tert-OH is 1. The van der Waals surface area contributed by atoms with Crippen LogP contribution >= 0.6 is 11.6 Å². The van der Waals surface area contributed by atoms with E-state index in [4.69, 9.17) is 11.6 Å². The lowest BCUT2D eigenvalue weighted by Crippen LogP contribution is -2.24. The van der Waals surface area contributed by atoms with E-state index < -0.39 is 0 Å². The van der Waals surface area contributed by atoms with E-state index in [0.717, 1.165) is 37.9 Å². The summed E-state index contributed by atoms with van der Waals surface area (Å²) in [5.41, 5.74) is 0.822. The fourth-order valence-corrected chi connectivity index (χ4v) is 2.38. The number of hydrogen-bond acceptors (Lipinski definition) is 2. The third-order valence-electron chi connectivity index (χ3n) is 3.19. The van der Waals surface area contributed by atoms with E-state index in [0.29, 0.717) is 11.6 Å². The van der Waals surface area contributed by atoms with Gasteiger partial charge < -0.3 is 5.11 Å². The lowest BCUT2D eigenvalue weighted by atomic mass is 10.2. The van der Waals surface area contributed by atoms with Crippen molar-refractivity contribution in [2.75, 3.05) is 13.1 Å². The van der Waals surface area contributed by atoms with Gasteiger partial charge in [-0.25, -0.2) is 4.39 Å². The molecule has 1 aliphatic heterocycles. The normalized spacial score (nSPS) is 22.4. The van der Waals surface area contributed by atoms with Gasteiger partial charge >= 0.3 is 0 Å². The number of benzene rings is 1. The Morgan fingerprint density at radius 2 is 2.18 bits per heavy atom. The molecule has 2 nitrogen and oxygen atoms in total. The first kappa shape index (κ1) is 12.8. The van der Waals surface area contributed by atoms with Crippen LogP contribution in [0, 0.1) is 5.82 Å². The highest BCUT2D eigenvalue weighted by atomic mass is 35.5. The van der Waals surface area contributed by atoms with Crippen LogP contribution in [0.5, 0.6) is 0 Å². The Balaban J connectivity index is 2.02. The first-order chi connectivity index (χ1) is 8.15. The van der Waals surface area contributed by atoms with Crippen molar-refractivity contribution in [2.24, 2.45) is 0 Å². The average Bonchev–Trinajstić information content (AvgIpc) is 2.49. The van der Waals surface area contributed by atoms with Gasteiger partial charge in [-0.3, -0.25) is 4.90 Å². The molecule has 1 atom stereocenters. The highest BCUT2D eigenvalue weighted by molar-refractivity contribution is 6.31. The van der Waals surface area contributed by atoms with Gasteiger partial charge in [0.15, 0.2) is 0 Å². The fourth-order valence-electron chi connectivity index (χ4n) is 2.20. The summed E-state index contributed by atoms with van der Waals surface area (Å²) >= 11 is 6.04. The molecule has 1 heterocycles. The summed E-state index contributed by atoms with van der Waals surface area (Å²) in [6, 6.07) is 4.46. The zero-order valence-electron chi connectivity index (χ0n) is 9.70. The molecule has 1 aromatic carbocycles. The molecule has 0 aromatic heterocycles. The molecule has 0 spiro atoms. The number of rotatable bonds is 2. The summed E-state index contributed by atoms with van der Waals surface area (Å²) < 4.78 is 13.1. The maximum atomic E-state index is 13.1. The number of likely N-dealkylation sites (tertiary alicyclic amines) is 1. The molecule has 17 heavy (non-hydrogen) atoms. The summed E-state index contributed by atoms with van der Waals surface area (Å²) in [5, 5.41) is 10.2. The van der Waals surface area contributed by atoms with E-state index in [-0.39, 0.29) is 11.9 Å². The molecule has 0 radical (unpaired) electrons. The Morgan fingerprint density at radius 1 is 1.35 bits per heavy atom. The van der Waals surface area contributed by atoms with Gasteiger partial charge in [0.1, 0.15) is 5.82 Å². The van der Waals surface area contributed by atoms with Crippen molar-refractivity contribution in [3.63, 3.8) is 0 Å². The minimum absolute atomic E-state index is 0.192. The van der Waals surface area contributed by atoms with E-state index in [2.05, 4.69) is 4.90 Å². The predicted molar refractivity (Wildman–Crippen MR) is 66.5 cm³/mol. The van der Waals surface area contributed by atoms with Crippen LogP contribution in [-0.2, 0) is 6.54 Å².